The zero-order valence-electron chi connectivity index (χ0n) is 15.5. The zero-order valence-corrected chi connectivity index (χ0v) is 15.5. The Balaban J connectivity index is 2.11. The molecule has 2 unspecified atom stereocenters. The minimum absolute atomic E-state index is 0.0122. The number of hydrogen-bond donors (Lipinski definition) is 2. The molecule has 2 amide bonds. The van der Waals surface area contributed by atoms with Gasteiger partial charge in [0, 0.05) is 12.2 Å². The molecule has 1 saturated carbocycles. The van der Waals surface area contributed by atoms with E-state index in [0.717, 1.165) is 23.2 Å². The number of hydrogen-bond acceptors (Lipinski definition) is 2. The SMILES string of the molecule is CCCNC(=O)C1CC1C(=O)Nc1c(C(C)C)cccc1C(C)C. The largest absolute Gasteiger partial charge is 0.356 e. The Morgan fingerprint density at radius 3 is 2.08 bits per heavy atom. The molecule has 1 aliphatic carbocycles. The van der Waals surface area contributed by atoms with Crippen LogP contribution in [0.25, 0.3) is 0 Å². The van der Waals surface area contributed by atoms with E-state index in [9.17, 15) is 9.59 Å². The van der Waals surface area contributed by atoms with Gasteiger partial charge in [-0.3, -0.25) is 9.59 Å². The van der Waals surface area contributed by atoms with E-state index < -0.39 is 0 Å². The molecule has 2 rings (SSSR count). The normalized spacial score (nSPS) is 19.5. The van der Waals surface area contributed by atoms with Gasteiger partial charge in [-0.15, -0.1) is 0 Å². The standard InChI is InChI=1S/C20H30N2O2/c1-6-10-21-19(23)16-11-17(16)20(24)22-18-14(12(2)3)8-7-9-15(18)13(4)5/h7-9,12-13,16-17H,6,10-11H2,1-5H3,(H,21,23)(H,22,24). The average Bonchev–Trinajstić information content (AvgIpc) is 3.33. The predicted octanol–water partition coefficient (Wildman–Crippen LogP) is 4.03. The van der Waals surface area contributed by atoms with Crippen LogP contribution in [-0.2, 0) is 9.59 Å². The van der Waals surface area contributed by atoms with Gasteiger partial charge in [0.1, 0.15) is 0 Å². The van der Waals surface area contributed by atoms with Crippen LogP contribution < -0.4 is 10.6 Å². The molecule has 1 aliphatic rings. The second-order valence-electron chi connectivity index (χ2n) is 7.35. The summed E-state index contributed by atoms with van der Waals surface area (Å²) >= 11 is 0. The molecule has 0 saturated heterocycles. The van der Waals surface area contributed by atoms with Gasteiger partial charge in [-0.1, -0.05) is 52.8 Å². The Morgan fingerprint density at radius 1 is 1.04 bits per heavy atom. The second kappa shape index (κ2) is 7.82. The highest BCUT2D eigenvalue weighted by Crippen LogP contribution is 2.41. The molecule has 4 heteroatoms. The van der Waals surface area contributed by atoms with Crippen LogP contribution in [0.3, 0.4) is 0 Å². The molecule has 0 aliphatic heterocycles. The van der Waals surface area contributed by atoms with Crippen LogP contribution in [0.2, 0.25) is 0 Å². The van der Waals surface area contributed by atoms with Crippen LogP contribution in [0, 0.1) is 11.8 Å². The molecule has 0 heterocycles. The Morgan fingerprint density at radius 2 is 1.58 bits per heavy atom. The molecule has 0 spiro atoms. The van der Waals surface area contributed by atoms with E-state index in [1.807, 2.05) is 6.92 Å². The number of benzene rings is 1. The van der Waals surface area contributed by atoms with Crippen molar-refractivity contribution in [3.63, 3.8) is 0 Å². The van der Waals surface area contributed by atoms with Crippen LogP contribution in [0.5, 0.6) is 0 Å². The Labute approximate surface area is 145 Å². The van der Waals surface area contributed by atoms with Crippen molar-refractivity contribution < 1.29 is 9.59 Å². The van der Waals surface area contributed by atoms with Gasteiger partial charge in [0.15, 0.2) is 0 Å². The highest BCUT2D eigenvalue weighted by atomic mass is 16.2. The summed E-state index contributed by atoms with van der Waals surface area (Å²) in [6, 6.07) is 6.20. The summed E-state index contributed by atoms with van der Waals surface area (Å²) in [6.45, 7) is 11.2. The molecule has 24 heavy (non-hydrogen) atoms. The van der Waals surface area contributed by atoms with Crippen molar-refractivity contribution >= 4 is 17.5 Å². The maximum absolute atomic E-state index is 12.6. The summed E-state index contributed by atoms with van der Waals surface area (Å²) in [5, 5.41) is 6.01. The monoisotopic (exact) mass is 330 g/mol. The second-order valence-corrected chi connectivity index (χ2v) is 7.35. The highest BCUT2D eigenvalue weighted by molar-refractivity contribution is 6.00. The number of rotatable bonds is 7. The lowest BCUT2D eigenvalue weighted by molar-refractivity contribution is -0.125. The number of amides is 2. The molecular formula is C20H30N2O2. The van der Waals surface area contributed by atoms with Gasteiger partial charge >= 0.3 is 0 Å². The van der Waals surface area contributed by atoms with Crippen LogP contribution in [-0.4, -0.2) is 18.4 Å². The summed E-state index contributed by atoms with van der Waals surface area (Å²) in [6.07, 6.45) is 1.57. The molecule has 0 bridgehead atoms. The first-order valence-electron chi connectivity index (χ1n) is 9.08. The van der Waals surface area contributed by atoms with Gasteiger partial charge < -0.3 is 10.6 Å². The van der Waals surface area contributed by atoms with Crippen molar-refractivity contribution in [3.05, 3.63) is 29.3 Å². The van der Waals surface area contributed by atoms with E-state index in [1.165, 1.54) is 0 Å². The number of carbonyl (C=O) groups is 2. The first-order valence-corrected chi connectivity index (χ1v) is 9.08. The molecular weight excluding hydrogens is 300 g/mol. The summed E-state index contributed by atoms with van der Waals surface area (Å²) < 4.78 is 0. The third-order valence-corrected chi connectivity index (χ3v) is 4.63. The van der Waals surface area contributed by atoms with Gasteiger partial charge in [-0.05, 0) is 35.8 Å². The molecule has 2 atom stereocenters. The lowest BCUT2D eigenvalue weighted by Crippen LogP contribution is -2.28. The Kier molecular flexibility index (Phi) is 6.03. The van der Waals surface area contributed by atoms with Gasteiger partial charge in [0.05, 0.1) is 11.8 Å². The quantitative estimate of drug-likeness (QED) is 0.793. The lowest BCUT2D eigenvalue weighted by Gasteiger charge is -2.20. The summed E-state index contributed by atoms with van der Waals surface area (Å²) in [4.78, 5) is 24.6. The summed E-state index contributed by atoms with van der Waals surface area (Å²) in [5.74, 6) is 0.302. The van der Waals surface area contributed by atoms with Gasteiger partial charge in [-0.2, -0.15) is 0 Å². The van der Waals surface area contributed by atoms with Crippen molar-refractivity contribution in [1.82, 2.24) is 5.32 Å². The lowest BCUT2D eigenvalue weighted by atomic mass is 9.92. The van der Waals surface area contributed by atoms with E-state index >= 15 is 0 Å². The Hall–Kier alpha value is -1.84. The van der Waals surface area contributed by atoms with Gasteiger partial charge in [0.2, 0.25) is 11.8 Å². The van der Waals surface area contributed by atoms with E-state index in [0.29, 0.717) is 24.8 Å². The fourth-order valence-electron chi connectivity index (χ4n) is 3.07. The maximum Gasteiger partial charge on any atom is 0.228 e. The van der Waals surface area contributed by atoms with Gasteiger partial charge in [0.25, 0.3) is 0 Å². The first-order chi connectivity index (χ1) is 11.4. The molecule has 4 nitrogen and oxygen atoms in total. The molecule has 0 aromatic heterocycles. The number of anilines is 1. The van der Waals surface area contributed by atoms with E-state index in [4.69, 9.17) is 0 Å². The summed E-state index contributed by atoms with van der Waals surface area (Å²) in [5.41, 5.74) is 3.25. The third-order valence-electron chi connectivity index (χ3n) is 4.63. The minimum Gasteiger partial charge on any atom is -0.356 e. The third kappa shape index (κ3) is 4.16. The smallest absolute Gasteiger partial charge is 0.228 e. The molecule has 1 aromatic carbocycles. The molecule has 1 aromatic rings. The van der Waals surface area contributed by atoms with Crippen LogP contribution in [0.15, 0.2) is 18.2 Å². The predicted molar refractivity (Wildman–Crippen MR) is 98.1 cm³/mol. The molecule has 132 valence electrons. The number of para-hydroxylation sites is 1. The number of carbonyl (C=O) groups excluding carboxylic acids is 2. The minimum atomic E-state index is -0.193. The van der Waals surface area contributed by atoms with Crippen LogP contribution in [0.4, 0.5) is 5.69 Å². The summed E-state index contributed by atoms with van der Waals surface area (Å²) in [7, 11) is 0. The highest BCUT2D eigenvalue weighted by Gasteiger charge is 2.48. The van der Waals surface area contributed by atoms with Crippen molar-refractivity contribution in [2.75, 3.05) is 11.9 Å². The van der Waals surface area contributed by atoms with Crippen LogP contribution >= 0.6 is 0 Å². The van der Waals surface area contributed by atoms with Crippen molar-refractivity contribution in [2.24, 2.45) is 11.8 Å². The molecule has 0 radical (unpaired) electrons. The van der Waals surface area contributed by atoms with Gasteiger partial charge in [-0.25, -0.2) is 0 Å². The van der Waals surface area contributed by atoms with E-state index in [-0.39, 0.29) is 23.7 Å². The van der Waals surface area contributed by atoms with Crippen molar-refractivity contribution in [3.8, 4) is 0 Å². The fraction of sp³-hybridized carbons (Fsp3) is 0.600. The van der Waals surface area contributed by atoms with Crippen molar-refractivity contribution in [1.29, 1.82) is 0 Å². The van der Waals surface area contributed by atoms with E-state index in [1.54, 1.807) is 0 Å². The topological polar surface area (TPSA) is 58.2 Å². The number of nitrogens with one attached hydrogen (secondary N) is 2. The fourth-order valence-corrected chi connectivity index (χ4v) is 3.07. The zero-order chi connectivity index (χ0) is 17.9. The maximum atomic E-state index is 12.6. The molecule has 1 fully saturated rings. The first kappa shape index (κ1) is 18.5. The average molecular weight is 330 g/mol. The van der Waals surface area contributed by atoms with Crippen molar-refractivity contribution in [2.45, 2.75) is 59.3 Å². The van der Waals surface area contributed by atoms with E-state index in [2.05, 4.69) is 56.5 Å². The van der Waals surface area contributed by atoms with Crippen LogP contribution in [0.1, 0.15) is 70.4 Å². The Bertz CT molecular complexity index is 581. The molecule has 2 N–H and O–H groups in total.